The second-order valence-corrected chi connectivity index (χ2v) is 4.23. The van der Waals surface area contributed by atoms with Gasteiger partial charge in [-0.2, -0.15) is 5.10 Å². The van der Waals surface area contributed by atoms with Gasteiger partial charge < -0.3 is 16.0 Å². The topological polar surface area (TPSA) is 102 Å². The summed E-state index contributed by atoms with van der Waals surface area (Å²) < 4.78 is 1.80. The van der Waals surface area contributed by atoms with Gasteiger partial charge in [0, 0.05) is 24.6 Å². The molecule has 102 valence electrons. The van der Waals surface area contributed by atoms with Crippen molar-refractivity contribution in [3.05, 3.63) is 35.7 Å². The number of nitrogens with zero attached hydrogens (tertiary/aromatic N) is 3. The number of carbonyl (C=O) groups is 1. The summed E-state index contributed by atoms with van der Waals surface area (Å²) in [6.45, 7) is 3.59. The summed E-state index contributed by atoms with van der Waals surface area (Å²) in [6, 6.07) is 0. The molecule has 0 bridgehead atoms. The minimum absolute atomic E-state index is 0.145. The minimum Gasteiger partial charge on any atom is -0.347 e. The molecule has 0 aliphatic rings. The zero-order valence-electron chi connectivity index (χ0n) is 10.9. The number of aromatic amines is 1. The fraction of sp³-hybridized carbons (Fsp3) is 0.417. The second-order valence-electron chi connectivity index (χ2n) is 4.23. The fourth-order valence-corrected chi connectivity index (χ4v) is 1.79. The van der Waals surface area contributed by atoms with E-state index >= 15 is 0 Å². The van der Waals surface area contributed by atoms with E-state index in [0.717, 1.165) is 24.5 Å². The second kappa shape index (κ2) is 6.14. The lowest BCUT2D eigenvalue weighted by Gasteiger charge is -2.05. The third-order valence-corrected chi connectivity index (χ3v) is 2.89. The van der Waals surface area contributed by atoms with Crippen LogP contribution in [0.5, 0.6) is 0 Å². The number of hydrogen-bond donors (Lipinski definition) is 3. The Hall–Kier alpha value is -2.15. The molecule has 19 heavy (non-hydrogen) atoms. The molecule has 0 spiro atoms. The van der Waals surface area contributed by atoms with Crippen molar-refractivity contribution in [3.8, 4) is 0 Å². The number of H-pyrrole nitrogens is 1. The van der Waals surface area contributed by atoms with Gasteiger partial charge in [0.1, 0.15) is 5.82 Å². The Labute approximate surface area is 111 Å². The van der Waals surface area contributed by atoms with Crippen molar-refractivity contribution in [3.63, 3.8) is 0 Å². The number of amides is 1. The van der Waals surface area contributed by atoms with Gasteiger partial charge >= 0.3 is 0 Å². The van der Waals surface area contributed by atoms with Crippen LogP contribution in [-0.4, -0.2) is 32.2 Å². The Morgan fingerprint density at radius 3 is 3.11 bits per heavy atom. The van der Waals surface area contributed by atoms with E-state index in [0.29, 0.717) is 18.7 Å². The summed E-state index contributed by atoms with van der Waals surface area (Å²) in [6.07, 6.45) is 5.80. The monoisotopic (exact) mass is 262 g/mol. The van der Waals surface area contributed by atoms with Gasteiger partial charge in [-0.25, -0.2) is 4.98 Å². The predicted molar refractivity (Wildman–Crippen MR) is 70.4 cm³/mol. The van der Waals surface area contributed by atoms with Crippen LogP contribution < -0.4 is 11.1 Å². The van der Waals surface area contributed by atoms with Gasteiger partial charge in [-0.15, -0.1) is 0 Å². The molecule has 0 unspecified atom stereocenters. The normalized spacial score (nSPS) is 10.6. The van der Waals surface area contributed by atoms with E-state index in [1.54, 1.807) is 23.3 Å². The van der Waals surface area contributed by atoms with Gasteiger partial charge in [-0.05, 0) is 19.9 Å². The van der Waals surface area contributed by atoms with E-state index in [-0.39, 0.29) is 5.91 Å². The molecule has 0 aliphatic heterocycles. The summed E-state index contributed by atoms with van der Waals surface area (Å²) in [5.74, 6) is 0.578. The number of nitrogens with one attached hydrogen (secondary N) is 2. The molecule has 7 heteroatoms. The summed E-state index contributed by atoms with van der Waals surface area (Å²) in [5.41, 5.74) is 6.90. The average molecular weight is 262 g/mol. The van der Waals surface area contributed by atoms with E-state index in [2.05, 4.69) is 20.4 Å². The molecule has 2 aromatic rings. The third kappa shape index (κ3) is 3.19. The lowest BCUT2D eigenvalue weighted by molar-refractivity contribution is 0.0949. The highest BCUT2D eigenvalue weighted by Gasteiger charge is 2.13. The first-order valence-electron chi connectivity index (χ1n) is 6.21. The summed E-state index contributed by atoms with van der Waals surface area (Å²) >= 11 is 0. The Balaban J connectivity index is 1.97. The van der Waals surface area contributed by atoms with Crippen molar-refractivity contribution >= 4 is 5.91 Å². The van der Waals surface area contributed by atoms with Crippen LogP contribution in [0.1, 0.15) is 28.3 Å². The van der Waals surface area contributed by atoms with Gasteiger partial charge in [-0.3, -0.25) is 9.48 Å². The SMILES string of the molecule is Cc1c(C(=O)NCc2ncc[nH]2)cnn1CCCN. The largest absolute Gasteiger partial charge is 0.347 e. The number of imidazole rings is 1. The molecule has 0 radical (unpaired) electrons. The van der Waals surface area contributed by atoms with E-state index in [1.807, 2.05) is 6.92 Å². The molecular formula is C12H18N6O. The highest BCUT2D eigenvalue weighted by Crippen LogP contribution is 2.07. The van der Waals surface area contributed by atoms with E-state index < -0.39 is 0 Å². The lowest BCUT2D eigenvalue weighted by Crippen LogP contribution is -2.24. The van der Waals surface area contributed by atoms with E-state index in [1.165, 1.54) is 0 Å². The van der Waals surface area contributed by atoms with Crippen molar-refractivity contribution in [1.29, 1.82) is 0 Å². The third-order valence-electron chi connectivity index (χ3n) is 2.89. The summed E-state index contributed by atoms with van der Waals surface area (Å²) in [4.78, 5) is 19.0. The van der Waals surface area contributed by atoms with Gasteiger partial charge in [0.2, 0.25) is 0 Å². The van der Waals surface area contributed by atoms with Crippen LogP contribution in [0.3, 0.4) is 0 Å². The minimum atomic E-state index is -0.145. The summed E-state index contributed by atoms with van der Waals surface area (Å²) in [7, 11) is 0. The zero-order valence-corrected chi connectivity index (χ0v) is 10.9. The molecule has 4 N–H and O–H groups in total. The zero-order chi connectivity index (χ0) is 13.7. The number of aromatic nitrogens is 4. The first kappa shape index (κ1) is 13.3. The maximum Gasteiger partial charge on any atom is 0.255 e. The Kier molecular flexibility index (Phi) is 4.30. The van der Waals surface area contributed by atoms with Gasteiger partial charge in [0.05, 0.1) is 18.3 Å². The number of hydrogen-bond acceptors (Lipinski definition) is 4. The van der Waals surface area contributed by atoms with Crippen LogP contribution in [0, 0.1) is 6.92 Å². The molecule has 0 saturated heterocycles. The highest BCUT2D eigenvalue weighted by atomic mass is 16.1. The Morgan fingerprint density at radius 1 is 1.58 bits per heavy atom. The smallest absolute Gasteiger partial charge is 0.255 e. The molecular weight excluding hydrogens is 244 g/mol. The number of carbonyl (C=O) groups excluding carboxylic acids is 1. The quantitative estimate of drug-likeness (QED) is 0.691. The molecule has 0 atom stereocenters. The molecule has 2 rings (SSSR count). The van der Waals surface area contributed by atoms with E-state index in [4.69, 9.17) is 5.73 Å². The van der Waals surface area contributed by atoms with Crippen LogP contribution in [-0.2, 0) is 13.1 Å². The van der Waals surface area contributed by atoms with Crippen LogP contribution in [0.15, 0.2) is 18.6 Å². The maximum atomic E-state index is 12.0. The van der Waals surface area contributed by atoms with E-state index in [9.17, 15) is 4.79 Å². The Morgan fingerprint density at radius 2 is 2.42 bits per heavy atom. The predicted octanol–water partition coefficient (Wildman–Crippen LogP) is 0.193. The number of nitrogens with two attached hydrogens (primary N) is 1. The van der Waals surface area contributed by atoms with Crippen molar-refractivity contribution < 1.29 is 4.79 Å². The average Bonchev–Trinajstić information content (AvgIpc) is 3.03. The van der Waals surface area contributed by atoms with Crippen molar-refractivity contribution in [1.82, 2.24) is 25.1 Å². The summed E-state index contributed by atoms with van der Waals surface area (Å²) in [5, 5.41) is 7.00. The van der Waals surface area contributed by atoms with Crippen LogP contribution in [0.2, 0.25) is 0 Å². The standard InChI is InChI=1S/C12H18N6O/c1-9-10(7-17-18(9)6-2-3-13)12(19)16-8-11-14-4-5-15-11/h4-5,7H,2-3,6,8,13H2,1H3,(H,14,15)(H,16,19). The maximum absolute atomic E-state index is 12.0. The van der Waals surface area contributed by atoms with Crippen LogP contribution in [0.25, 0.3) is 0 Å². The van der Waals surface area contributed by atoms with Crippen molar-refractivity contribution in [2.45, 2.75) is 26.4 Å². The van der Waals surface area contributed by atoms with Crippen molar-refractivity contribution in [2.75, 3.05) is 6.54 Å². The van der Waals surface area contributed by atoms with Gasteiger partial charge in [0.25, 0.3) is 5.91 Å². The van der Waals surface area contributed by atoms with Gasteiger partial charge in [-0.1, -0.05) is 0 Å². The molecule has 0 fully saturated rings. The Bertz CT molecular complexity index is 530. The number of aryl methyl sites for hydroxylation is 1. The first-order valence-corrected chi connectivity index (χ1v) is 6.21. The number of rotatable bonds is 6. The molecule has 7 nitrogen and oxygen atoms in total. The van der Waals surface area contributed by atoms with Crippen molar-refractivity contribution in [2.24, 2.45) is 5.73 Å². The van der Waals surface area contributed by atoms with Gasteiger partial charge in [0.15, 0.2) is 0 Å². The molecule has 0 saturated carbocycles. The molecule has 2 heterocycles. The first-order chi connectivity index (χ1) is 9.22. The fourth-order valence-electron chi connectivity index (χ4n) is 1.79. The lowest BCUT2D eigenvalue weighted by atomic mass is 10.2. The van der Waals surface area contributed by atoms with Crippen LogP contribution >= 0.6 is 0 Å². The molecule has 0 aliphatic carbocycles. The molecule has 2 aromatic heterocycles. The highest BCUT2D eigenvalue weighted by molar-refractivity contribution is 5.94. The molecule has 1 amide bonds. The van der Waals surface area contributed by atoms with Crippen LogP contribution in [0.4, 0.5) is 0 Å². The molecule has 0 aromatic carbocycles.